The van der Waals surface area contributed by atoms with E-state index in [9.17, 15) is 0 Å². The molecule has 2 aliphatic rings. The SMILES string of the molecule is C1=CCNC(C2Nc3ccc4ccc5ccc(-c6ccc(-c7ccc8c9ccccc9c9ccccc9c8c7)c7ccccc67)cc5c4c3O2)=C1. The topological polar surface area (TPSA) is 33.3 Å². The zero-order valence-corrected chi connectivity index (χ0v) is 27.8. The molecule has 2 N–H and O–H groups in total. The van der Waals surface area contributed by atoms with Crippen molar-refractivity contribution < 1.29 is 4.74 Å². The largest absolute Gasteiger partial charge is 0.462 e. The number of nitrogens with one attached hydrogen (secondary N) is 2. The Kier molecular flexibility index (Phi) is 6.08. The fourth-order valence-electron chi connectivity index (χ4n) is 8.48. The number of allylic oxidation sites excluding steroid dienone is 2. The predicted octanol–water partition coefficient (Wildman–Crippen LogP) is 12.1. The molecule has 0 radical (unpaired) electrons. The molecule has 3 nitrogen and oxygen atoms in total. The number of rotatable bonds is 3. The van der Waals surface area contributed by atoms with Gasteiger partial charge in [-0.05, 0) is 106 Å². The van der Waals surface area contributed by atoms with Crippen molar-refractivity contribution in [3.63, 3.8) is 0 Å². The Hall–Kier alpha value is -6.58. The van der Waals surface area contributed by atoms with E-state index in [0.29, 0.717) is 0 Å². The number of hydrogen-bond acceptors (Lipinski definition) is 3. The molecule has 240 valence electrons. The minimum Gasteiger partial charge on any atom is -0.462 e. The third kappa shape index (κ3) is 4.31. The Morgan fingerprint density at radius 1 is 0.490 bits per heavy atom. The Labute approximate surface area is 295 Å². The van der Waals surface area contributed by atoms with Gasteiger partial charge in [0.15, 0.2) is 5.75 Å². The van der Waals surface area contributed by atoms with E-state index in [0.717, 1.165) is 29.1 Å². The summed E-state index contributed by atoms with van der Waals surface area (Å²) in [5, 5.41) is 22.0. The molecular weight excluding hydrogens is 621 g/mol. The molecule has 0 saturated carbocycles. The highest BCUT2D eigenvalue weighted by Gasteiger charge is 2.28. The van der Waals surface area contributed by atoms with Crippen LogP contribution >= 0.6 is 0 Å². The van der Waals surface area contributed by atoms with Crippen LogP contribution in [0.4, 0.5) is 5.69 Å². The second kappa shape index (κ2) is 11.0. The summed E-state index contributed by atoms with van der Waals surface area (Å²) in [4.78, 5) is 0. The Morgan fingerprint density at radius 2 is 1.04 bits per heavy atom. The summed E-state index contributed by atoms with van der Waals surface area (Å²) in [6.45, 7) is 0.804. The quantitative estimate of drug-likeness (QED) is 0.186. The van der Waals surface area contributed by atoms with Crippen molar-refractivity contribution in [2.45, 2.75) is 6.23 Å². The summed E-state index contributed by atoms with van der Waals surface area (Å²) in [5.41, 5.74) is 6.94. The van der Waals surface area contributed by atoms with Gasteiger partial charge in [-0.15, -0.1) is 0 Å². The second-order valence-electron chi connectivity index (χ2n) is 13.7. The zero-order valence-electron chi connectivity index (χ0n) is 27.8. The lowest BCUT2D eigenvalue weighted by Crippen LogP contribution is -2.32. The molecule has 0 aliphatic carbocycles. The molecule has 9 aromatic carbocycles. The maximum Gasteiger partial charge on any atom is 0.211 e. The molecule has 0 saturated heterocycles. The third-order valence-electron chi connectivity index (χ3n) is 10.9. The van der Waals surface area contributed by atoms with Gasteiger partial charge in [-0.3, -0.25) is 0 Å². The van der Waals surface area contributed by atoms with E-state index in [2.05, 4.69) is 174 Å². The van der Waals surface area contributed by atoms with Crippen molar-refractivity contribution in [1.82, 2.24) is 5.32 Å². The molecule has 1 atom stereocenters. The van der Waals surface area contributed by atoms with Crippen LogP contribution in [-0.2, 0) is 0 Å². The Bertz CT molecular complexity index is 2950. The van der Waals surface area contributed by atoms with Gasteiger partial charge >= 0.3 is 0 Å². The third-order valence-corrected chi connectivity index (χ3v) is 10.9. The summed E-state index contributed by atoms with van der Waals surface area (Å²) in [6, 6.07) is 53.7. The minimum atomic E-state index is -0.239. The molecule has 0 aromatic heterocycles. The number of benzene rings is 9. The highest BCUT2D eigenvalue weighted by atomic mass is 16.5. The normalized spacial score (nSPS) is 15.3. The highest BCUT2D eigenvalue weighted by Crippen LogP contribution is 2.45. The van der Waals surface area contributed by atoms with E-state index in [1.165, 1.54) is 81.5 Å². The second-order valence-corrected chi connectivity index (χ2v) is 13.7. The van der Waals surface area contributed by atoms with Crippen LogP contribution in [0.3, 0.4) is 0 Å². The first-order valence-corrected chi connectivity index (χ1v) is 17.7. The molecule has 0 amide bonds. The van der Waals surface area contributed by atoms with Crippen molar-refractivity contribution in [3.8, 4) is 28.0 Å². The van der Waals surface area contributed by atoms with E-state index in [-0.39, 0.29) is 6.23 Å². The standard InChI is InChI=1S/C48H32N2O/c1-2-10-36-34(32-20-22-41-39-13-4-3-11-37(39)38-12-5-6-14-40(38)43(41)28-32)24-23-33(35(36)9-1)31-19-17-29-16-18-30-21-25-44-47(46(30)42(29)27-31)51-48(50-44)45-15-7-8-26-49-45/h1-25,27-28,48-50H,26H2. The Balaban J connectivity index is 1.07. The lowest BCUT2D eigenvalue weighted by molar-refractivity contribution is 0.283. The summed E-state index contributed by atoms with van der Waals surface area (Å²) >= 11 is 0. The van der Waals surface area contributed by atoms with Crippen LogP contribution in [0.5, 0.6) is 5.75 Å². The number of fused-ring (bicyclic) bond motifs is 12. The highest BCUT2D eigenvalue weighted by molar-refractivity contribution is 6.26. The van der Waals surface area contributed by atoms with E-state index in [1.807, 2.05) is 0 Å². The molecule has 0 bridgehead atoms. The van der Waals surface area contributed by atoms with Crippen LogP contribution in [0.25, 0.3) is 86.9 Å². The van der Waals surface area contributed by atoms with E-state index in [1.54, 1.807) is 0 Å². The molecule has 9 aromatic rings. The lowest BCUT2D eigenvalue weighted by atomic mass is 9.88. The van der Waals surface area contributed by atoms with Crippen LogP contribution in [0, 0.1) is 0 Å². The van der Waals surface area contributed by atoms with Gasteiger partial charge in [-0.2, -0.15) is 0 Å². The van der Waals surface area contributed by atoms with Crippen LogP contribution in [0.15, 0.2) is 170 Å². The van der Waals surface area contributed by atoms with Gasteiger partial charge in [0.25, 0.3) is 0 Å². The molecule has 0 fully saturated rings. The van der Waals surface area contributed by atoms with Crippen LogP contribution in [-0.4, -0.2) is 12.8 Å². The van der Waals surface area contributed by atoms with Gasteiger partial charge in [-0.25, -0.2) is 0 Å². The van der Waals surface area contributed by atoms with Crippen molar-refractivity contribution in [3.05, 3.63) is 170 Å². The van der Waals surface area contributed by atoms with E-state index in [4.69, 9.17) is 4.74 Å². The molecule has 1 unspecified atom stereocenters. The number of hydrogen-bond donors (Lipinski definition) is 2. The molecular formula is C48H32N2O. The smallest absolute Gasteiger partial charge is 0.211 e. The first-order chi connectivity index (χ1) is 25.3. The molecule has 0 spiro atoms. The number of dihydropyridines is 1. The van der Waals surface area contributed by atoms with Crippen molar-refractivity contribution >= 4 is 70.3 Å². The van der Waals surface area contributed by atoms with E-state index >= 15 is 0 Å². The van der Waals surface area contributed by atoms with Crippen LogP contribution < -0.4 is 15.4 Å². The molecule has 11 rings (SSSR count). The minimum absolute atomic E-state index is 0.239. The maximum atomic E-state index is 6.65. The molecule has 51 heavy (non-hydrogen) atoms. The first-order valence-electron chi connectivity index (χ1n) is 17.7. The van der Waals surface area contributed by atoms with Gasteiger partial charge in [0.1, 0.15) is 0 Å². The van der Waals surface area contributed by atoms with Crippen molar-refractivity contribution in [1.29, 1.82) is 0 Å². The van der Waals surface area contributed by atoms with Crippen molar-refractivity contribution in [2.24, 2.45) is 0 Å². The fourth-order valence-corrected chi connectivity index (χ4v) is 8.48. The van der Waals surface area contributed by atoms with Gasteiger partial charge in [-0.1, -0.05) is 140 Å². The zero-order chi connectivity index (χ0) is 33.5. The average molecular weight is 653 g/mol. The van der Waals surface area contributed by atoms with Crippen LogP contribution in [0.1, 0.15) is 0 Å². The lowest BCUT2D eigenvalue weighted by Gasteiger charge is -2.18. The van der Waals surface area contributed by atoms with Gasteiger partial charge in [0.05, 0.1) is 11.4 Å². The summed E-state index contributed by atoms with van der Waals surface area (Å²) in [6.07, 6.45) is 6.04. The Morgan fingerprint density at radius 3 is 1.71 bits per heavy atom. The fraction of sp³-hybridized carbons (Fsp3) is 0.0417. The summed E-state index contributed by atoms with van der Waals surface area (Å²) < 4.78 is 6.65. The number of anilines is 1. The maximum absolute atomic E-state index is 6.65. The molecule has 2 aliphatic heterocycles. The molecule has 2 heterocycles. The first kappa shape index (κ1) is 28.3. The van der Waals surface area contributed by atoms with Gasteiger partial charge < -0.3 is 15.4 Å². The summed E-state index contributed by atoms with van der Waals surface area (Å²) in [7, 11) is 0. The van der Waals surface area contributed by atoms with Crippen molar-refractivity contribution in [2.75, 3.05) is 11.9 Å². The van der Waals surface area contributed by atoms with Gasteiger partial charge in [0.2, 0.25) is 6.23 Å². The van der Waals surface area contributed by atoms with E-state index < -0.39 is 0 Å². The average Bonchev–Trinajstić information content (AvgIpc) is 3.65. The van der Waals surface area contributed by atoms with Gasteiger partial charge in [0, 0.05) is 11.9 Å². The van der Waals surface area contributed by atoms with Crippen LogP contribution in [0.2, 0.25) is 0 Å². The summed E-state index contributed by atoms with van der Waals surface area (Å²) in [5.74, 6) is 0.911. The number of ether oxygens (including phenoxy) is 1. The molecule has 3 heteroatoms. The predicted molar refractivity (Wildman–Crippen MR) is 216 cm³/mol. The monoisotopic (exact) mass is 652 g/mol.